The van der Waals surface area contributed by atoms with E-state index in [-0.39, 0.29) is 5.91 Å². The van der Waals surface area contributed by atoms with Gasteiger partial charge in [0.2, 0.25) is 0 Å². The second-order valence-electron chi connectivity index (χ2n) is 6.64. The number of thioether (sulfide) groups is 1. The maximum Gasteiger partial charge on any atom is 0.255 e. The van der Waals surface area contributed by atoms with Crippen molar-refractivity contribution in [1.82, 2.24) is 14.5 Å². The van der Waals surface area contributed by atoms with Crippen LogP contribution in [0.3, 0.4) is 0 Å². The molecule has 0 fully saturated rings. The van der Waals surface area contributed by atoms with E-state index in [9.17, 15) is 4.79 Å². The first-order chi connectivity index (χ1) is 14.6. The number of rotatable bonds is 7. The summed E-state index contributed by atoms with van der Waals surface area (Å²) in [7, 11) is 1.97. The molecule has 0 radical (unpaired) electrons. The predicted octanol–water partition coefficient (Wildman–Crippen LogP) is 5.88. The summed E-state index contributed by atoms with van der Waals surface area (Å²) in [6.07, 6.45) is 3.70. The third kappa shape index (κ3) is 5.33. The number of thiazole rings is 1. The Morgan fingerprint density at radius 3 is 2.53 bits per heavy atom. The molecule has 0 aliphatic rings. The molecule has 4 rings (SSSR count). The molecule has 0 spiro atoms. The average molecular weight is 453 g/mol. The van der Waals surface area contributed by atoms with Crippen molar-refractivity contribution in [3.05, 3.63) is 83.1 Å². The number of nitrogens with one attached hydrogen (secondary N) is 1. The van der Waals surface area contributed by atoms with Crippen LogP contribution < -0.4 is 5.32 Å². The monoisotopic (exact) mass is 452 g/mol. The van der Waals surface area contributed by atoms with Gasteiger partial charge in [0, 0.05) is 52.4 Å². The molecule has 2 aromatic heterocycles. The normalized spacial score (nSPS) is 10.9. The number of carbonyl (C=O) groups is 1. The highest BCUT2D eigenvalue weighted by atomic mass is 32.2. The van der Waals surface area contributed by atoms with Crippen LogP contribution in [-0.4, -0.2) is 20.4 Å². The highest BCUT2D eigenvalue weighted by Crippen LogP contribution is 2.28. The topological polar surface area (TPSA) is 59.8 Å². The molecule has 0 bridgehead atoms. The quantitative estimate of drug-likeness (QED) is 0.355. The molecule has 8 heteroatoms. The number of amides is 1. The van der Waals surface area contributed by atoms with Crippen LogP contribution in [-0.2, 0) is 12.8 Å². The number of benzene rings is 2. The Labute approximate surface area is 188 Å². The highest BCUT2D eigenvalue weighted by Gasteiger charge is 2.08. The zero-order valence-corrected chi connectivity index (χ0v) is 19.0. The Hall–Kier alpha value is -2.55. The summed E-state index contributed by atoms with van der Waals surface area (Å²) >= 11 is 4.96. The van der Waals surface area contributed by atoms with Crippen molar-refractivity contribution in [1.29, 1.82) is 0 Å². The summed E-state index contributed by atoms with van der Waals surface area (Å²) < 4.78 is 3.04. The fourth-order valence-corrected chi connectivity index (χ4v) is 5.27. The molecule has 0 saturated carbocycles. The van der Waals surface area contributed by atoms with Gasteiger partial charge >= 0.3 is 0 Å². The Morgan fingerprint density at radius 1 is 1.13 bits per heavy atom. The molecule has 152 valence electrons. The fourth-order valence-electron chi connectivity index (χ4n) is 2.66. The van der Waals surface area contributed by atoms with Gasteiger partial charge in [-0.3, -0.25) is 4.79 Å². The van der Waals surface area contributed by atoms with Crippen molar-refractivity contribution in [2.75, 3.05) is 5.32 Å². The van der Waals surface area contributed by atoms with E-state index < -0.39 is 0 Å². The Bertz CT molecular complexity index is 1130. The largest absolute Gasteiger partial charge is 0.329 e. The van der Waals surface area contributed by atoms with Crippen LogP contribution >= 0.6 is 34.9 Å². The highest BCUT2D eigenvalue weighted by molar-refractivity contribution is 8.00. The first-order valence-corrected chi connectivity index (χ1v) is 12.0. The molecule has 2 aromatic carbocycles. The van der Waals surface area contributed by atoms with Crippen molar-refractivity contribution in [2.45, 2.75) is 27.1 Å². The van der Waals surface area contributed by atoms with Crippen LogP contribution in [0.1, 0.15) is 21.6 Å². The first kappa shape index (κ1) is 20.7. The predicted molar refractivity (Wildman–Crippen MR) is 125 cm³/mol. The molecular weight excluding hydrogens is 432 g/mol. The summed E-state index contributed by atoms with van der Waals surface area (Å²) in [5.41, 5.74) is 3.63. The van der Waals surface area contributed by atoms with E-state index in [0.717, 1.165) is 31.5 Å². The summed E-state index contributed by atoms with van der Waals surface area (Å²) in [6, 6.07) is 15.5. The van der Waals surface area contributed by atoms with E-state index >= 15 is 0 Å². The molecule has 0 aliphatic heterocycles. The van der Waals surface area contributed by atoms with Crippen molar-refractivity contribution in [3.8, 4) is 0 Å². The number of anilines is 1. The van der Waals surface area contributed by atoms with Gasteiger partial charge in [0.25, 0.3) is 5.91 Å². The van der Waals surface area contributed by atoms with E-state index in [0.29, 0.717) is 5.56 Å². The molecule has 1 amide bonds. The third-order valence-corrected chi connectivity index (χ3v) is 7.57. The van der Waals surface area contributed by atoms with Gasteiger partial charge in [-0.25, -0.2) is 9.97 Å². The minimum absolute atomic E-state index is 0.116. The Kier molecular flexibility index (Phi) is 6.56. The number of hydrogen-bond acceptors (Lipinski definition) is 6. The van der Waals surface area contributed by atoms with Crippen molar-refractivity contribution < 1.29 is 4.79 Å². The molecule has 0 saturated heterocycles. The Balaban J connectivity index is 1.32. The van der Waals surface area contributed by atoms with Gasteiger partial charge in [-0.05, 0) is 48.9 Å². The van der Waals surface area contributed by atoms with Gasteiger partial charge in [-0.15, -0.1) is 11.3 Å². The van der Waals surface area contributed by atoms with E-state index in [1.807, 2.05) is 73.3 Å². The summed E-state index contributed by atoms with van der Waals surface area (Å²) in [5, 5.41) is 5.93. The summed E-state index contributed by atoms with van der Waals surface area (Å²) in [6.45, 7) is 2.00. The van der Waals surface area contributed by atoms with Crippen LogP contribution in [0, 0.1) is 6.92 Å². The number of aromatic nitrogens is 3. The average Bonchev–Trinajstić information content (AvgIpc) is 3.36. The molecule has 5 nitrogen and oxygen atoms in total. The lowest BCUT2D eigenvalue weighted by molar-refractivity contribution is 0.102. The standard InChI is InChI=1S/C22H20N4OS3/c1-15-13-28-22(24-15)29-14-16-3-5-17(6-4-16)20(27)25-18-7-9-19(10-8-18)30-21-23-11-12-26(21)2/h3-13H,14H2,1-2H3,(H,25,27). The zero-order valence-electron chi connectivity index (χ0n) is 16.5. The molecule has 0 unspecified atom stereocenters. The number of nitrogens with zero attached hydrogens (tertiary/aromatic N) is 3. The van der Waals surface area contributed by atoms with Crippen LogP contribution in [0.25, 0.3) is 0 Å². The lowest BCUT2D eigenvalue weighted by Gasteiger charge is -2.07. The minimum atomic E-state index is -0.116. The lowest BCUT2D eigenvalue weighted by atomic mass is 10.1. The van der Waals surface area contributed by atoms with Crippen LogP contribution in [0.5, 0.6) is 0 Å². The minimum Gasteiger partial charge on any atom is -0.329 e. The second-order valence-corrected chi connectivity index (χ2v) is 9.76. The number of hydrogen-bond donors (Lipinski definition) is 1. The van der Waals surface area contributed by atoms with Gasteiger partial charge in [0.15, 0.2) is 5.16 Å². The maximum absolute atomic E-state index is 12.6. The molecule has 0 atom stereocenters. The zero-order chi connectivity index (χ0) is 20.9. The van der Waals surface area contributed by atoms with Crippen molar-refractivity contribution in [3.63, 3.8) is 0 Å². The molecule has 2 heterocycles. The van der Waals surface area contributed by atoms with Gasteiger partial charge in [0.1, 0.15) is 4.34 Å². The van der Waals surface area contributed by atoms with Gasteiger partial charge in [-0.1, -0.05) is 35.7 Å². The van der Waals surface area contributed by atoms with Gasteiger partial charge in [0.05, 0.1) is 0 Å². The number of imidazole rings is 1. The molecule has 0 aliphatic carbocycles. The SMILES string of the molecule is Cc1csc(SCc2ccc(C(=O)Nc3ccc(Sc4nccn4C)cc3)cc2)n1. The summed E-state index contributed by atoms with van der Waals surface area (Å²) in [4.78, 5) is 22.4. The van der Waals surface area contributed by atoms with Crippen molar-refractivity contribution >= 4 is 46.5 Å². The van der Waals surface area contributed by atoms with Gasteiger partial charge < -0.3 is 9.88 Å². The third-order valence-electron chi connectivity index (χ3n) is 4.27. The van der Waals surface area contributed by atoms with E-state index in [1.54, 1.807) is 41.1 Å². The van der Waals surface area contributed by atoms with Crippen LogP contribution in [0.15, 0.2) is 80.7 Å². The van der Waals surface area contributed by atoms with E-state index in [2.05, 4.69) is 20.7 Å². The number of aryl methyl sites for hydroxylation is 2. The van der Waals surface area contributed by atoms with Crippen LogP contribution in [0.4, 0.5) is 5.69 Å². The summed E-state index contributed by atoms with van der Waals surface area (Å²) in [5.74, 6) is 0.721. The first-order valence-electron chi connectivity index (χ1n) is 9.27. The number of carbonyl (C=O) groups excluding carboxylic acids is 1. The molecule has 4 aromatic rings. The fraction of sp³-hybridized carbons (Fsp3) is 0.136. The van der Waals surface area contributed by atoms with E-state index in [4.69, 9.17) is 0 Å². The molecule has 30 heavy (non-hydrogen) atoms. The lowest BCUT2D eigenvalue weighted by Crippen LogP contribution is -2.11. The van der Waals surface area contributed by atoms with E-state index in [1.165, 1.54) is 5.56 Å². The second kappa shape index (κ2) is 9.51. The smallest absolute Gasteiger partial charge is 0.255 e. The Morgan fingerprint density at radius 2 is 1.90 bits per heavy atom. The van der Waals surface area contributed by atoms with Crippen molar-refractivity contribution in [2.24, 2.45) is 7.05 Å². The van der Waals surface area contributed by atoms with Gasteiger partial charge in [-0.2, -0.15) is 0 Å². The molecular formula is C22H20N4OS3. The maximum atomic E-state index is 12.6. The molecule has 1 N–H and O–H groups in total. The van der Waals surface area contributed by atoms with Crippen LogP contribution in [0.2, 0.25) is 0 Å².